The molecule has 2 aromatic carbocycles. The van der Waals surface area contributed by atoms with E-state index in [0.717, 1.165) is 20.8 Å². The molecular formula is C24H20N4O3S. The lowest BCUT2D eigenvalue weighted by atomic mass is 10.1. The fourth-order valence-corrected chi connectivity index (χ4v) is 4.49. The smallest absolute Gasteiger partial charge is 0.261 e. The molecule has 3 aromatic heterocycles. The molecule has 5 rings (SSSR count). The lowest BCUT2D eigenvalue weighted by Crippen LogP contribution is -2.27. The zero-order chi connectivity index (χ0) is 22.1. The Morgan fingerprint density at radius 3 is 2.88 bits per heavy atom. The molecule has 0 atom stereocenters. The van der Waals surface area contributed by atoms with Crippen LogP contribution in [0.15, 0.2) is 70.1 Å². The summed E-state index contributed by atoms with van der Waals surface area (Å²) in [6.45, 7) is 2.45. The normalized spacial score (nSPS) is 11.3. The van der Waals surface area contributed by atoms with Crippen LogP contribution in [-0.4, -0.2) is 20.4 Å². The summed E-state index contributed by atoms with van der Waals surface area (Å²) in [4.78, 5) is 33.9. The maximum absolute atomic E-state index is 12.6. The van der Waals surface area contributed by atoms with Gasteiger partial charge in [-0.15, -0.1) is 11.3 Å². The van der Waals surface area contributed by atoms with E-state index in [1.807, 2.05) is 55.5 Å². The van der Waals surface area contributed by atoms with Gasteiger partial charge in [0.25, 0.3) is 5.56 Å². The molecule has 0 unspecified atom stereocenters. The topological polar surface area (TPSA) is 90.0 Å². The van der Waals surface area contributed by atoms with Crippen LogP contribution in [0.1, 0.15) is 17.7 Å². The highest BCUT2D eigenvalue weighted by Crippen LogP contribution is 2.31. The number of fused-ring (bicyclic) bond motifs is 2. The van der Waals surface area contributed by atoms with Gasteiger partial charge in [-0.05, 0) is 42.8 Å². The van der Waals surface area contributed by atoms with Gasteiger partial charge in [0.2, 0.25) is 5.91 Å². The lowest BCUT2D eigenvalue weighted by Gasteiger charge is -2.08. The molecule has 5 aromatic rings. The van der Waals surface area contributed by atoms with Gasteiger partial charge in [-0.1, -0.05) is 24.3 Å². The molecule has 0 saturated heterocycles. The van der Waals surface area contributed by atoms with Gasteiger partial charge in [0.1, 0.15) is 5.76 Å². The Kier molecular flexibility index (Phi) is 5.28. The molecule has 0 bridgehead atoms. The molecule has 8 heteroatoms. The Morgan fingerprint density at radius 1 is 1.12 bits per heavy atom. The summed E-state index contributed by atoms with van der Waals surface area (Å²) in [6, 6.07) is 17.1. The summed E-state index contributed by atoms with van der Waals surface area (Å²) in [5.74, 6) is 1.16. The summed E-state index contributed by atoms with van der Waals surface area (Å²) in [5.41, 5.74) is 2.44. The average Bonchev–Trinajstić information content (AvgIpc) is 3.44. The van der Waals surface area contributed by atoms with E-state index in [4.69, 9.17) is 4.42 Å². The van der Waals surface area contributed by atoms with Crippen LogP contribution in [0.3, 0.4) is 0 Å². The third-order valence-electron chi connectivity index (χ3n) is 5.26. The molecule has 32 heavy (non-hydrogen) atoms. The summed E-state index contributed by atoms with van der Waals surface area (Å²) in [7, 11) is 0. The third-order valence-corrected chi connectivity index (χ3v) is 6.31. The van der Waals surface area contributed by atoms with Crippen LogP contribution in [0.4, 0.5) is 0 Å². The number of rotatable bonds is 6. The predicted molar refractivity (Wildman–Crippen MR) is 125 cm³/mol. The molecule has 1 amide bonds. The van der Waals surface area contributed by atoms with Crippen molar-refractivity contribution in [1.82, 2.24) is 19.9 Å². The minimum absolute atomic E-state index is 0.141. The van der Waals surface area contributed by atoms with Gasteiger partial charge in [-0.3, -0.25) is 14.2 Å². The van der Waals surface area contributed by atoms with Crippen LogP contribution in [-0.2, 0) is 17.9 Å². The standard InChI is InChI=1S/C24H20N4O3S/c1-15-5-4-6-17-22(15)26-14-28(24(17)30)12-11-21(29)25-13-16-9-10-19(31-16)23-27-18-7-2-3-8-20(18)32-23/h2-10,14H,11-13H2,1H3,(H,25,29). The van der Waals surface area contributed by atoms with E-state index in [1.54, 1.807) is 17.4 Å². The van der Waals surface area contributed by atoms with Gasteiger partial charge in [-0.25, -0.2) is 9.97 Å². The van der Waals surface area contributed by atoms with Crippen molar-refractivity contribution in [2.45, 2.75) is 26.4 Å². The summed E-state index contributed by atoms with van der Waals surface area (Å²) in [5, 5.41) is 4.21. The number of carbonyl (C=O) groups is 1. The monoisotopic (exact) mass is 444 g/mol. The van der Waals surface area contributed by atoms with Crippen molar-refractivity contribution in [3.05, 3.63) is 82.6 Å². The Morgan fingerprint density at radius 2 is 2.00 bits per heavy atom. The molecule has 0 saturated carbocycles. The van der Waals surface area contributed by atoms with E-state index >= 15 is 0 Å². The number of para-hydroxylation sites is 2. The minimum Gasteiger partial charge on any atom is -0.457 e. The van der Waals surface area contributed by atoms with Gasteiger partial charge < -0.3 is 9.73 Å². The molecule has 1 N–H and O–H groups in total. The number of aryl methyl sites for hydroxylation is 2. The van der Waals surface area contributed by atoms with Crippen LogP contribution < -0.4 is 10.9 Å². The molecule has 0 radical (unpaired) electrons. The number of carbonyl (C=O) groups excluding carboxylic acids is 1. The van der Waals surface area contributed by atoms with Crippen LogP contribution in [0, 0.1) is 6.92 Å². The largest absolute Gasteiger partial charge is 0.457 e. The number of benzene rings is 2. The van der Waals surface area contributed by atoms with Gasteiger partial charge in [0.15, 0.2) is 10.8 Å². The van der Waals surface area contributed by atoms with Crippen LogP contribution >= 0.6 is 11.3 Å². The van der Waals surface area contributed by atoms with Crippen molar-refractivity contribution in [1.29, 1.82) is 0 Å². The van der Waals surface area contributed by atoms with Gasteiger partial charge in [-0.2, -0.15) is 0 Å². The number of nitrogens with zero attached hydrogens (tertiary/aromatic N) is 3. The van der Waals surface area contributed by atoms with Crippen LogP contribution in [0.5, 0.6) is 0 Å². The Labute approximate surface area is 187 Å². The number of thiazole rings is 1. The second-order valence-corrected chi connectivity index (χ2v) is 8.52. The van der Waals surface area contributed by atoms with Crippen LogP contribution in [0.25, 0.3) is 31.9 Å². The molecule has 160 valence electrons. The summed E-state index contributed by atoms with van der Waals surface area (Å²) in [6.07, 6.45) is 1.67. The molecule has 0 aliphatic carbocycles. The molecule has 0 aliphatic heterocycles. The van der Waals surface area contributed by atoms with Crippen molar-refractivity contribution in [2.24, 2.45) is 0 Å². The molecule has 0 spiro atoms. The number of hydrogen-bond acceptors (Lipinski definition) is 6. The average molecular weight is 445 g/mol. The second-order valence-electron chi connectivity index (χ2n) is 7.49. The van der Waals surface area contributed by atoms with Crippen molar-refractivity contribution in [2.75, 3.05) is 0 Å². The minimum atomic E-state index is -0.167. The van der Waals surface area contributed by atoms with Crippen molar-refractivity contribution >= 4 is 38.4 Å². The predicted octanol–water partition coefficient (Wildman–Crippen LogP) is 4.28. The molecular weight excluding hydrogens is 424 g/mol. The third kappa shape index (κ3) is 3.92. The second kappa shape index (κ2) is 8.39. The Balaban J connectivity index is 1.20. The zero-order valence-corrected chi connectivity index (χ0v) is 18.2. The first-order chi connectivity index (χ1) is 15.6. The van der Waals surface area contributed by atoms with E-state index in [0.29, 0.717) is 22.4 Å². The molecule has 7 nitrogen and oxygen atoms in total. The van der Waals surface area contributed by atoms with Crippen molar-refractivity contribution in [3.8, 4) is 10.8 Å². The van der Waals surface area contributed by atoms with E-state index < -0.39 is 0 Å². The Bertz CT molecular complexity index is 1470. The lowest BCUT2D eigenvalue weighted by molar-refractivity contribution is -0.121. The highest BCUT2D eigenvalue weighted by Gasteiger charge is 2.12. The fourth-order valence-electron chi connectivity index (χ4n) is 3.56. The maximum atomic E-state index is 12.6. The van der Waals surface area contributed by atoms with E-state index in [2.05, 4.69) is 15.3 Å². The quantitative estimate of drug-likeness (QED) is 0.422. The first kappa shape index (κ1) is 20.1. The fraction of sp³-hybridized carbons (Fsp3) is 0.167. The van der Waals surface area contributed by atoms with E-state index in [9.17, 15) is 9.59 Å². The van der Waals surface area contributed by atoms with E-state index in [-0.39, 0.29) is 31.0 Å². The van der Waals surface area contributed by atoms with Gasteiger partial charge in [0.05, 0.1) is 34.0 Å². The highest BCUT2D eigenvalue weighted by molar-refractivity contribution is 7.21. The van der Waals surface area contributed by atoms with Gasteiger partial charge >= 0.3 is 0 Å². The number of aromatic nitrogens is 3. The first-order valence-corrected chi connectivity index (χ1v) is 11.1. The van der Waals surface area contributed by atoms with Crippen molar-refractivity contribution < 1.29 is 9.21 Å². The van der Waals surface area contributed by atoms with Crippen LogP contribution in [0.2, 0.25) is 0 Å². The molecule has 3 heterocycles. The zero-order valence-electron chi connectivity index (χ0n) is 17.4. The van der Waals surface area contributed by atoms with Gasteiger partial charge in [0, 0.05) is 13.0 Å². The SMILES string of the molecule is Cc1cccc2c(=O)n(CCC(=O)NCc3ccc(-c4nc5ccccc5s4)o3)cnc12. The van der Waals surface area contributed by atoms with E-state index in [1.165, 1.54) is 10.9 Å². The first-order valence-electron chi connectivity index (χ1n) is 10.2. The maximum Gasteiger partial charge on any atom is 0.261 e. The summed E-state index contributed by atoms with van der Waals surface area (Å²) >= 11 is 1.57. The molecule has 0 fully saturated rings. The van der Waals surface area contributed by atoms with Crippen molar-refractivity contribution in [3.63, 3.8) is 0 Å². The number of hydrogen-bond donors (Lipinski definition) is 1. The Hall–Kier alpha value is -3.78. The highest BCUT2D eigenvalue weighted by atomic mass is 32.1. The number of nitrogens with one attached hydrogen (secondary N) is 1. The molecule has 0 aliphatic rings. The number of furan rings is 1. The number of amides is 1. The summed E-state index contributed by atoms with van der Waals surface area (Å²) < 4.78 is 8.43.